The van der Waals surface area contributed by atoms with Crippen LogP contribution in [-0.2, 0) is 0 Å². The van der Waals surface area contributed by atoms with Gasteiger partial charge in [0, 0.05) is 56.0 Å². The highest BCUT2D eigenvalue weighted by Gasteiger charge is 2.11. The Hall–Kier alpha value is -6.56. The molecule has 0 saturated heterocycles. The minimum absolute atomic E-state index is 0. The largest absolute Gasteiger partial charge is 0.399 e. The molecule has 0 radical (unpaired) electrons. The van der Waals surface area contributed by atoms with Crippen molar-refractivity contribution in [2.24, 2.45) is 0 Å². The molecule has 50 heavy (non-hydrogen) atoms. The first-order chi connectivity index (χ1) is 23.5. The van der Waals surface area contributed by atoms with E-state index in [1.807, 2.05) is 12.1 Å². The van der Waals surface area contributed by atoms with Gasteiger partial charge in [0.05, 0.1) is 0 Å². The van der Waals surface area contributed by atoms with Crippen LogP contribution in [0.15, 0.2) is 121 Å². The van der Waals surface area contributed by atoms with Crippen LogP contribution in [-0.4, -0.2) is 22.3 Å². The van der Waals surface area contributed by atoms with Gasteiger partial charge in [-0.15, -0.1) is 19.3 Å². The summed E-state index contributed by atoms with van der Waals surface area (Å²) >= 11 is 10.4. The average Bonchev–Trinajstić information content (AvgIpc) is 3.13. The third-order valence-electron chi connectivity index (χ3n) is 6.40. The molecule has 9 heteroatoms. The first kappa shape index (κ1) is 39.6. The second-order valence-corrected chi connectivity index (χ2v) is 10.5. The number of terminal acetylenes is 3. The van der Waals surface area contributed by atoms with Crippen molar-refractivity contribution in [3.8, 4) is 37.0 Å². The van der Waals surface area contributed by atoms with Crippen molar-refractivity contribution >= 4 is 62.6 Å². The van der Waals surface area contributed by atoms with Crippen LogP contribution in [0, 0.1) is 37.0 Å². The fraction of sp³-hybridized carbons (Fsp3) is 0.0244. The van der Waals surface area contributed by atoms with E-state index in [9.17, 15) is 19.2 Å². The summed E-state index contributed by atoms with van der Waals surface area (Å²) in [5, 5.41) is 4.36. The number of carbonyl (C=O) groups excluding carboxylic acids is 4. The molecule has 5 aromatic rings. The Kier molecular flexibility index (Phi) is 15.8. The molecule has 248 valence electrons. The normalized spacial score (nSPS) is 9.18. The molecule has 5 rings (SSSR count). The number of benzene rings is 5. The molecule has 0 aliphatic heterocycles. The van der Waals surface area contributed by atoms with Crippen LogP contribution in [0.4, 0.5) is 17.1 Å². The number of hydrogen-bond acceptors (Lipinski definition) is 5. The third-order valence-corrected chi connectivity index (χ3v) is 6.84. The molecule has 7 nitrogen and oxygen atoms in total. The lowest BCUT2D eigenvalue weighted by Crippen LogP contribution is -2.15. The van der Waals surface area contributed by atoms with Gasteiger partial charge in [-0.3, -0.25) is 19.2 Å². The minimum atomic E-state index is -0.602. The quantitative estimate of drug-likeness (QED) is 0.0933. The lowest BCUT2D eigenvalue weighted by Gasteiger charge is -2.08. The first-order valence-corrected chi connectivity index (χ1v) is 15.0. The van der Waals surface area contributed by atoms with Crippen molar-refractivity contribution < 1.29 is 19.2 Å². The van der Waals surface area contributed by atoms with Crippen molar-refractivity contribution in [2.45, 2.75) is 7.43 Å². The number of rotatable bonds is 6. The SMILES string of the molecule is C.C#Cc1ccc(N)cc1.C#Cc1ccc(NC(=O)c2cccc(C(=O)Nc3ccc(C#C)cc3)c2)cc1.O=C(Cl)c1cccc(C(=O)Cl)c1. The molecule has 5 aromatic carbocycles. The summed E-state index contributed by atoms with van der Waals surface area (Å²) in [6.07, 6.45) is 15.8. The Balaban J connectivity index is 0.000000323. The number of halogens is 2. The number of nitrogens with two attached hydrogens (primary N) is 1. The Morgan fingerprint density at radius 3 is 1.12 bits per heavy atom. The molecular weight excluding hydrogens is 669 g/mol. The summed E-state index contributed by atoms with van der Waals surface area (Å²) in [5.41, 5.74) is 11.0. The van der Waals surface area contributed by atoms with Crippen molar-refractivity contribution in [1.29, 1.82) is 0 Å². The number of anilines is 3. The van der Waals surface area contributed by atoms with Crippen LogP contribution in [0.5, 0.6) is 0 Å². The Bertz CT molecular complexity index is 1970. The molecule has 0 atom stereocenters. The molecule has 2 amide bonds. The summed E-state index contributed by atoms with van der Waals surface area (Å²) in [6, 6.07) is 33.5. The second kappa shape index (κ2) is 20.0. The van der Waals surface area contributed by atoms with Crippen LogP contribution in [0.3, 0.4) is 0 Å². The van der Waals surface area contributed by atoms with E-state index < -0.39 is 10.5 Å². The van der Waals surface area contributed by atoms with Gasteiger partial charge < -0.3 is 16.4 Å². The third kappa shape index (κ3) is 12.6. The van der Waals surface area contributed by atoms with Crippen LogP contribution in [0.25, 0.3) is 0 Å². The molecule has 0 unspecified atom stereocenters. The van der Waals surface area contributed by atoms with Gasteiger partial charge in [-0.1, -0.05) is 49.5 Å². The topological polar surface area (TPSA) is 118 Å². The summed E-state index contributed by atoms with van der Waals surface area (Å²) < 4.78 is 0. The predicted octanol–water partition coefficient (Wildman–Crippen LogP) is 8.48. The molecule has 0 aromatic heterocycles. The molecule has 0 spiro atoms. The molecule has 0 fully saturated rings. The smallest absolute Gasteiger partial charge is 0.255 e. The van der Waals surface area contributed by atoms with Gasteiger partial charge in [-0.05, 0) is 120 Å². The maximum absolute atomic E-state index is 12.5. The molecule has 0 heterocycles. The Labute approximate surface area is 301 Å². The maximum Gasteiger partial charge on any atom is 0.255 e. The zero-order valence-electron chi connectivity index (χ0n) is 25.7. The number of nitrogens with one attached hydrogen (secondary N) is 2. The van der Waals surface area contributed by atoms with Gasteiger partial charge in [0.1, 0.15) is 0 Å². The number of amides is 2. The highest BCUT2D eigenvalue weighted by atomic mass is 35.5. The predicted molar refractivity (Wildman–Crippen MR) is 203 cm³/mol. The van der Waals surface area contributed by atoms with Crippen LogP contribution in [0.2, 0.25) is 0 Å². The van der Waals surface area contributed by atoms with Gasteiger partial charge in [-0.2, -0.15) is 0 Å². The molecule has 0 bridgehead atoms. The molecule has 0 aliphatic rings. The maximum atomic E-state index is 12.5. The number of carbonyl (C=O) groups is 4. The van der Waals surface area contributed by atoms with Crippen LogP contribution >= 0.6 is 23.2 Å². The van der Waals surface area contributed by atoms with E-state index in [0.717, 1.165) is 22.4 Å². The number of nitrogen functional groups attached to an aromatic ring is 1. The van der Waals surface area contributed by atoms with Crippen molar-refractivity contribution in [3.05, 3.63) is 160 Å². The highest BCUT2D eigenvalue weighted by molar-refractivity contribution is 6.69. The van der Waals surface area contributed by atoms with Gasteiger partial charge in [0.15, 0.2) is 0 Å². The van der Waals surface area contributed by atoms with Crippen LogP contribution < -0.4 is 16.4 Å². The lowest BCUT2D eigenvalue weighted by molar-refractivity contribution is 0.102. The van der Waals surface area contributed by atoms with Gasteiger partial charge in [-0.25, -0.2) is 0 Å². The molecular formula is C41H31Cl2N3O4. The Morgan fingerprint density at radius 2 is 0.800 bits per heavy atom. The van der Waals surface area contributed by atoms with Crippen molar-refractivity contribution in [2.75, 3.05) is 16.4 Å². The van der Waals surface area contributed by atoms with Crippen molar-refractivity contribution in [3.63, 3.8) is 0 Å². The fourth-order valence-corrected chi connectivity index (χ4v) is 4.09. The average molecular weight is 701 g/mol. The minimum Gasteiger partial charge on any atom is -0.399 e. The standard InChI is InChI=1S/C24H16N2O2.C8H4Cl2O2.C8H7N.CH4/c1-3-17-8-12-21(13-9-17)25-23(27)19-6-5-7-20(16-19)24(28)26-22-14-10-18(4-2)11-15-22;9-7(11)5-2-1-3-6(4-5)8(10)12;1-2-7-3-5-8(9)6-4-7;/h1-2,5-16H,(H,25,27)(H,26,28);1-4H;1,3-6H,9H2;1H4. The van der Waals surface area contributed by atoms with Gasteiger partial charge in [0.2, 0.25) is 0 Å². The van der Waals surface area contributed by atoms with Crippen molar-refractivity contribution in [1.82, 2.24) is 0 Å². The van der Waals surface area contributed by atoms with Gasteiger partial charge in [0.25, 0.3) is 22.3 Å². The summed E-state index contributed by atoms with van der Waals surface area (Å²) in [4.78, 5) is 46.2. The molecule has 0 aliphatic carbocycles. The van der Waals surface area contributed by atoms with E-state index in [4.69, 9.17) is 48.2 Å². The summed E-state index contributed by atoms with van der Waals surface area (Å²) in [5.74, 6) is 6.90. The zero-order valence-corrected chi connectivity index (χ0v) is 27.3. The zero-order chi connectivity index (χ0) is 35.8. The monoisotopic (exact) mass is 699 g/mol. The van der Waals surface area contributed by atoms with Gasteiger partial charge >= 0.3 is 0 Å². The number of hydrogen-bond donors (Lipinski definition) is 3. The van der Waals surface area contributed by atoms with E-state index in [1.54, 1.807) is 84.9 Å². The summed E-state index contributed by atoms with van der Waals surface area (Å²) in [6.45, 7) is 0. The lowest BCUT2D eigenvalue weighted by atomic mass is 10.1. The Morgan fingerprint density at radius 1 is 0.500 bits per heavy atom. The fourth-order valence-electron chi connectivity index (χ4n) is 3.85. The van der Waals surface area contributed by atoms with E-state index in [0.29, 0.717) is 22.5 Å². The summed E-state index contributed by atoms with van der Waals surface area (Å²) in [7, 11) is 0. The van der Waals surface area contributed by atoms with E-state index >= 15 is 0 Å². The van der Waals surface area contributed by atoms with E-state index in [1.165, 1.54) is 24.3 Å². The van der Waals surface area contributed by atoms with E-state index in [-0.39, 0.29) is 30.4 Å². The molecule has 4 N–H and O–H groups in total. The van der Waals surface area contributed by atoms with E-state index in [2.05, 4.69) is 28.4 Å². The first-order valence-electron chi connectivity index (χ1n) is 14.2. The van der Waals surface area contributed by atoms with Crippen LogP contribution in [0.1, 0.15) is 65.5 Å². The second-order valence-electron chi connectivity index (χ2n) is 9.83. The molecule has 0 saturated carbocycles. The highest BCUT2D eigenvalue weighted by Crippen LogP contribution is 2.15.